The van der Waals surface area contributed by atoms with Gasteiger partial charge in [0.1, 0.15) is 54.1 Å². The number of benzene rings is 1. The number of nitrogens with two attached hydrogens (primary N) is 5. The molecule has 1 aliphatic heterocycles. The maximum Gasteiger partial charge on any atom is 0.245 e. The molecule has 9 amide bonds. The molecule has 1 fully saturated rings. The molecule has 1 saturated heterocycles. The molecule has 0 bridgehead atoms. The fourth-order valence-electron chi connectivity index (χ4n) is 7.14. The molecule has 1 aliphatic rings. The molecule has 1 aromatic carbocycles. The summed E-state index contributed by atoms with van der Waals surface area (Å²) in [6.07, 6.45) is -1.17. The fraction of sp³-hybridized carbons (Fsp3) is 0.622. The van der Waals surface area contributed by atoms with Gasteiger partial charge in [0.15, 0.2) is 11.9 Å². The highest BCUT2D eigenvalue weighted by Gasteiger charge is 2.37. The number of primary amides is 1. The summed E-state index contributed by atoms with van der Waals surface area (Å²) in [4.78, 5) is 132. The Morgan fingerprint density at radius 2 is 1.29 bits per heavy atom. The van der Waals surface area contributed by atoms with E-state index in [1.807, 2.05) is 13.8 Å². The van der Waals surface area contributed by atoms with E-state index in [-0.39, 0.29) is 86.7 Å². The molecule has 0 unspecified atom stereocenters. The third kappa shape index (κ3) is 23.3. The van der Waals surface area contributed by atoms with Crippen LogP contribution in [0.15, 0.2) is 34.3 Å². The van der Waals surface area contributed by atoms with E-state index in [0.717, 1.165) is 21.6 Å². The second kappa shape index (κ2) is 31.8. The average Bonchev–Trinajstić information content (AvgIpc) is 3.30. The molecule has 73 heavy (non-hydrogen) atoms. The molecule has 26 nitrogen and oxygen atoms in total. The number of aromatic hydroxyl groups is 1. The minimum Gasteiger partial charge on any atom is -0.508 e. The van der Waals surface area contributed by atoms with Crippen LogP contribution < -0.4 is 71.2 Å². The molecule has 0 radical (unpaired) electrons. The van der Waals surface area contributed by atoms with E-state index in [9.17, 15) is 53.4 Å². The van der Waals surface area contributed by atoms with Crippen LogP contribution in [0.4, 0.5) is 0 Å². The fourth-order valence-corrected chi connectivity index (χ4v) is 9.46. The van der Waals surface area contributed by atoms with Crippen LogP contribution in [0.5, 0.6) is 5.75 Å². The van der Waals surface area contributed by atoms with Crippen LogP contribution in [-0.2, 0) is 49.6 Å². The quantitative estimate of drug-likeness (QED) is 0.0244. The van der Waals surface area contributed by atoms with Gasteiger partial charge in [0.25, 0.3) is 0 Å². The highest BCUT2D eigenvalue weighted by Crippen LogP contribution is 2.24. The van der Waals surface area contributed by atoms with Crippen molar-refractivity contribution in [1.29, 1.82) is 0 Å². The largest absolute Gasteiger partial charge is 0.508 e. The number of phenols is 1. The second-order valence-corrected chi connectivity index (χ2v) is 20.6. The summed E-state index contributed by atoms with van der Waals surface area (Å²) in [5, 5.41) is 41.5. The number of aliphatic hydroxyl groups is 1. The third-order valence-corrected chi connectivity index (χ3v) is 13.7. The van der Waals surface area contributed by atoms with E-state index >= 15 is 0 Å². The smallest absolute Gasteiger partial charge is 0.245 e. The Morgan fingerprint density at radius 3 is 1.85 bits per heavy atom. The number of carbonyl (C=O) groups excluding carboxylic acids is 9. The lowest BCUT2D eigenvalue weighted by molar-refractivity contribution is -0.137. The Hall–Kier alpha value is -6.55. The molecule has 0 aliphatic carbocycles. The molecule has 2 rings (SSSR count). The normalized spacial score (nSPS) is 22.2. The first-order chi connectivity index (χ1) is 34.3. The van der Waals surface area contributed by atoms with Gasteiger partial charge in [0.2, 0.25) is 53.2 Å². The Kier molecular flexibility index (Phi) is 27.3. The summed E-state index contributed by atoms with van der Waals surface area (Å²) in [6.45, 7) is 9.54. The number of amides is 9. The molecule has 0 aromatic heterocycles. The van der Waals surface area contributed by atoms with Crippen LogP contribution in [-0.4, -0.2) is 154 Å². The standard InChI is InChI=1S/C45H75N15O11S2/c1-7-23(4)34-42(70)60-35(24(5)61)43(71)55-29(11-9-17-52-45(49)50)38(66)58-33(21-73-72-20-32(53-25(6)62)40(68)57-31(18-22(2)3)39(67)59-34)41(69)54-28(10-8-16-51-44(47)48)37(65)56-30(36(46)64)19-26-12-14-27(63)15-13-26/h12-15,22-24,28-35,61,63H,7-11,16-21H2,1-6H3,(H2,46,64)(H,53,62)(H,54,69)(H,55,71)(H,56,65)(H,57,68)(H,58,66)(H,59,67)(H,60,70)(H4,47,48,51)(H4,49,50,52)/t23-,24+,28-,29-,30-,31-,32-,33-,34-,35-/m0/s1. The highest BCUT2D eigenvalue weighted by molar-refractivity contribution is 8.76. The summed E-state index contributed by atoms with van der Waals surface area (Å²) in [5.41, 5.74) is 28.2. The van der Waals surface area contributed by atoms with Crippen LogP contribution in [0, 0.1) is 11.8 Å². The van der Waals surface area contributed by atoms with Crippen molar-refractivity contribution in [3.05, 3.63) is 29.8 Å². The van der Waals surface area contributed by atoms with E-state index in [0.29, 0.717) is 12.0 Å². The number of aliphatic imine (C=N–C) groups is 2. The number of hydrogen-bond acceptors (Lipinski definition) is 15. The van der Waals surface area contributed by atoms with Crippen molar-refractivity contribution in [2.75, 3.05) is 24.6 Å². The van der Waals surface area contributed by atoms with Crippen molar-refractivity contribution in [3.63, 3.8) is 0 Å². The van der Waals surface area contributed by atoms with Crippen LogP contribution in [0.2, 0.25) is 0 Å². The van der Waals surface area contributed by atoms with Crippen molar-refractivity contribution < 1.29 is 53.4 Å². The van der Waals surface area contributed by atoms with Gasteiger partial charge in [-0.15, -0.1) is 0 Å². The summed E-state index contributed by atoms with van der Waals surface area (Å²) < 4.78 is 0. The minimum absolute atomic E-state index is 0.00176. The molecule has 10 atom stereocenters. The average molecular weight is 1070 g/mol. The zero-order valence-electron chi connectivity index (χ0n) is 42.1. The lowest BCUT2D eigenvalue weighted by atomic mass is 9.96. The van der Waals surface area contributed by atoms with Crippen molar-refractivity contribution in [2.45, 2.75) is 141 Å². The number of nitrogens with one attached hydrogen (secondary N) is 8. The highest BCUT2D eigenvalue weighted by atomic mass is 33.1. The predicted molar refractivity (Wildman–Crippen MR) is 277 cm³/mol. The van der Waals surface area contributed by atoms with Gasteiger partial charge in [-0.3, -0.25) is 53.1 Å². The molecule has 408 valence electrons. The molecule has 20 N–H and O–H groups in total. The number of hydrogen-bond donors (Lipinski definition) is 15. The SMILES string of the molecule is CC[C@H](C)[C@@H]1NC(=O)[C@H](CC(C)C)NC(=O)[C@@H](NC(C)=O)CSSC[C@@H](C(=O)N[C@@H](CCCN=C(N)N)C(=O)N[C@@H](Cc2ccc(O)cc2)C(N)=O)NC(=O)[C@H](CCCN=C(N)N)NC(=O)[C@H]([C@@H](C)O)NC1=O. The lowest BCUT2D eigenvalue weighted by Gasteiger charge is -2.31. The summed E-state index contributed by atoms with van der Waals surface area (Å²) >= 11 is 0. The second-order valence-electron chi connectivity index (χ2n) is 18.0. The number of nitrogens with zero attached hydrogens (tertiary/aromatic N) is 2. The Bertz CT molecular complexity index is 2110. The Morgan fingerprint density at radius 1 is 0.726 bits per heavy atom. The third-order valence-electron chi connectivity index (χ3n) is 11.3. The topological polar surface area (TPSA) is 445 Å². The van der Waals surface area contributed by atoms with Gasteiger partial charge in [-0.1, -0.05) is 67.8 Å². The van der Waals surface area contributed by atoms with Gasteiger partial charge < -0.3 is 81.4 Å². The van der Waals surface area contributed by atoms with Crippen LogP contribution in [0.25, 0.3) is 0 Å². The summed E-state index contributed by atoms with van der Waals surface area (Å²) in [6, 6.07) is -5.23. The maximum absolute atomic E-state index is 14.5. The number of aliphatic hydroxyl groups excluding tert-OH is 1. The molecular weight excluding hydrogens is 991 g/mol. The first kappa shape index (κ1) is 62.6. The van der Waals surface area contributed by atoms with Crippen LogP contribution in [0.3, 0.4) is 0 Å². The molecule has 0 spiro atoms. The first-order valence-electron chi connectivity index (χ1n) is 23.8. The van der Waals surface area contributed by atoms with Crippen molar-refractivity contribution in [3.8, 4) is 5.75 Å². The predicted octanol–water partition coefficient (Wildman–Crippen LogP) is -3.71. The van der Waals surface area contributed by atoms with Gasteiger partial charge in [0.05, 0.1) is 6.10 Å². The van der Waals surface area contributed by atoms with Crippen molar-refractivity contribution in [2.24, 2.45) is 50.5 Å². The zero-order valence-corrected chi connectivity index (χ0v) is 43.7. The zero-order chi connectivity index (χ0) is 54.9. The van der Waals surface area contributed by atoms with Gasteiger partial charge in [0, 0.05) is 37.9 Å². The van der Waals surface area contributed by atoms with Gasteiger partial charge in [-0.05, 0) is 68.6 Å². The van der Waals surface area contributed by atoms with Gasteiger partial charge >= 0.3 is 0 Å². The first-order valence-corrected chi connectivity index (χ1v) is 26.3. The van der Waals surface area contributed by atoms with E-state index in [1.54, 1.807) is 13.8 Å². The van der Waals surface area contributed by atoms with E-state index in [2.05, 4.69) is 52.5 Å². The Balaban J connectivity index is 2.73. The number of rotatable bonds is 21. The monoisotopic (exact) mass is 1070 g/mol. The molecule has 1 aromatic rings. The van der Waals surface area contributed by atoms with Gasteiger partial charge in [-0.25, -0.2) is 0 Å². The van der Waals surface area contributed by atoms with Crippen molar-refractivity contribution >= 4 is 86.7 Å². The summed E-state index contributed by atoms with van der Waals surface area (Å²) in [7, 11) is 2.01. The van der Waals surface area contributed by atoms with Gasteiger partial charge in [-0.2, -0.15) is 0 Å². The molecule has 28 heteroatoms. The van der Waals surface area contributed by atoms with E-state index < -0.39 is 114 Å². The number of carbonyl (C=O) groups is 9. The van der Waals surface area contributed by atoms with E-state index in [4.69, 9.17) is 28.7 Å². The minimum atomic E-state index is -1.69. The number of phenolic OH excluding ortho intramolecular Hbond substituents is 1. The lowest BCUT2D eigenvalue weighted by Crippen LogP contribution is -2.63. The van der Waals surface area contributed by atoms with E-state index in [1.165, 1.54) is 38.1 Å². The Labute approximate surface area is 432 Å². The molecule has 0 saturated carbocycles. The number of guanidine groups is 2. The maximum atomic E-state index is 14.5. The van der Waals surface area contributed by atoms with Crippen LogP contribution >= 0.6 is 21.6 Å². The molecular formula is C45H75N15O11S2. The summed E-state index contributed by atoms with van der Waals surface area (Å²) in [5.74, 6) is -9.10. The molecule has 1 heterocycles. The van der Waals surface area contributed by atoms with Crippen LogP contribution in [0.1, 0.15) is 85.6 Å². The van der Waals surface area contributed by atoms with Crippen molar-refractivity contribution in [1.82, 2.24) is 42.5 Å².